The third-order valence-corrected chi connectivity index (χ3v) is 3.14. The zero-order valence-electron chi connectivity index (χ0n) is 11.1. The molecule has 1 aliphatic heterocycles. The summed E-state index contributed by atoms with van der Waals surface area (Å²) in [5.74, 6) is 1.11. The van der Waals surface area contributed by atoms with Crippen LogP contribution in [0.1, 0.15) is 12.8 Å². The van der Waals surface area contributed by atoms with Crippen LogP contribution in [0.2, 0.25) is 0 Å². The number of hydrogen-bond acceptors (Lipinski definition) is 3. The minimum Gasteiger partial charge on any atom is -0.492 e. The number of nitrogens with zero attached hydrogens (tertiary/aromatic N) is 2. The Morgan fingerprint density at radius 2 is 2.22 bits per heavy atom. The van der Waals surface area contributed by atoms with Gasteiger partial charge in [-0.05, 0) is 18.6 Å². The van der Waals surface area contributed by atoms with Gasteiger partial charge in [0, 0.05) is 38.8 Å². The first-order valence-electron chi connectivity index (χ1n) is 6.35. The number of benzene rings is 1. The second kappa shape index (κ2) is 5.76. The number of amides is 1. The standard InChI is InChI=1S/C14H20N2O2/c1-15(2)12-5-3-6-13(11-12)18-10-9-16-8-4-7-14(16)17/h3,5-6,11H,4,7-10H2,1-2H3. The molecule has 2 rings (SSSR count). The minimum absolute atomic E-state index is 0.251. The Bertz CT molecular complexity index is 418. The molecule has 0 aliphatic carbocycles. The van der Waals surface area contributed by atoms with Crippen LogP contribution in [0.15, 0.2) is 24.3 Å². The first-order valence-corrected chi connectivity index (χ1v) is 6.35. The number of hydrogen-bond donors (Lipinski definition) is 0. The summed E-state index contributed by atoms with van der Waals surface area (Å²) in [6, 6.07) is 7.97. The van der Waals surface area contributed by atoms with Crippen molar-refractivity contribution in [3.63, 3.8) is 0 Å². The van der Waals surface area contributed by atoms with Gasteiger partial charge in [-0.3, -0.25) is 4.79 Å². The molecule has 0 N–H and O–H groups in total. The molecule has 1 aliphatic rings. The fraction of sp³-hybridized carbons (Fsp3) is 0.500. The molecule has 98 valence electrons. The van der Waals surface area contributed by atoms with Gasteiger partial charge in [0.25, 0.3) is 0 Å². The van der Waals surface area contributed by atoms with Gasteiger partial charge >= 0.3 is 0 Å². The lowest BCUT2D eigenvalue weighted by Gasteiger charge is -2.17. The van der Waals surface area contributed by atoms with Gasteiger partial charge in [0.2, 0.25) is 5.91 Å². The van der Waals surface area contributed by atoms with Crippen molar-refractivity contribution in [2.75, 3.05) is 38.7 Å². The summed E-state index contributed by atoms with van der Waals surface area (Å²) >= 11 is 0. The molecule has 1 aromatic rings. The zero-order chi connectivity index (χ0) is 13.0. The van der Waals surface area contributed by atoms with Crippen LogP contribution >= 0.6 is 0 Å². The summed E-state index contributed by atoms with van der Waals surface area (Å²) < 4.78 is 5.69. The summed E-state index contributed by atoms with van der Waals surface area (Å²) in [7, 11) is 4.00. The first-order chi connectivity index (χ1) is 8.66. The molecule has 4 nitrogen and oxygen atoms in total. The molecule has 1 heterocycles. The predicted octanol–water partition coefficient (Wildman–Crippen LogP) is 1.75. The van der Waals surface area contributed by atoms with Crippen molar-refractivity contribution in [1.82, 2.24) is 4.90 Å². The van der Waals surface area contributed by atoms with Crippen LogP contribution in [-0.4, -0.2) is 44.6 Å². The van der Waals surface area contributed by atoms with Gasteiger partial charge in [-0.25, -0.2) is 0 Å². The highest BCUT2D eigenvalue weighted by Gasteiger charge is 2.19. The van der Waals surface area contributed by atoms with Gasteiger partial charge in [-0.1, -0.05) is 6.07 Å². The molecule has 0 radical (unpaired) electrons. The van der Waals surface area contributed by atoms with Gasteiger partial charge in [0.1, 0.15) is 12.4 Å². The lowest BCUT2D eigenvalue weighted by atomic mass is 10.3. The van der Waals surface area contributed by atoms with E-state index in [0.717, 1.165) is 24.4 Å². The van der Waals surface area contributed by atoms with E-state index in [1.165, 1.54) is 0 Å². The van der Waals surface area contributed by atoms with Crippen molar-refractivity contribution in [3.05, 3.63) is 24.3 Å². The topological polar surface area (TPSA) is 32.8 Å². The van der Waals surface area contributed by atoms with E-state index < -0.39 is 0 Å². The summed E-state index contributed by atoms with van der Waals surface area (Å²) in [5.41, 5.74) is 1.12. The average molecular weight is 248 g/mol. The average Bonchev–Trinajstić information content (AvgIpc) is 2.76. The van der Waals surface area contributed by atoms with Crippen LogP contribution in [0.4, 0.5) is 5.69 Å². The largest absolute Gasteiger partial charge is 0.492 e. The first kappa shape index (κ1) is 12.7. The van der Waals surface area contributed by atoms with Gasteiger partial charge in [-0.2, -0.15) is 0 Å². The van der Waals surface area contributed by atoms with Crippen molar-refractivity contribution in [2.45, 2.75) is 12.8 Å². The molecule has 18 heavy (non-hydrogen) atoms. The maximum atomic E-state index is 11.4. The molecule has 0 unspecified atom stereocenters. The molecule has 1 saturated heterocycles. The van der Waals surface area contributed by atoms with Gasteiger partial charge in [-0.15, -0.1) is 0 Å². The molecular weight excluding hydrogens is 228 g/mol. The number of likely N-dealkylation sites (tertiary alicyclic amines) is 1. The second-order valence-electron chi connectivity index (χ2n) is 4.72. The predicted molar refractivity (Wildman–Crippen MR) is 72.1 cm³/mol. The molecule has 0 spiro atoms. The minimum atomic E-state index is 0.251. The Morgan fingerprint density at radius 1 is 1.39 bits per heavy atom. The Hall–Kier alpha value is -1.71. The number of ether oxygens (including phenoxy) is 1. The van der Waals surface area contributed by atoms with Crippen LogP contribution in [0.5, 0.6) is 5.75 Å². The highest BCUT2D eigenvalue weighted by Crippen LogP contribution is 2.19. The summed E-state index contributed by atoms with van der Waals surface area (Å²) in [6.07, 6.45) is 1.67. The molecule has 1 amide bonds. The Balaban J connectivity index is 1.82. The Morgan fingerprint density at radius 3 is 2.89 bits per heavy atom. The summed E-state index contributed by atoms with van der Waals surface area (Å²) in [4.78, 5) is 15.3. The third-order valence-electron chi connectivity index (χ3n) is 3.14. The lowest BCUT2D eigenvalue weighted by Crippen LogP contribution is -2.29. The molecule has 0 aromatic heterocycles. The maximum Gasteiger partial charge on any atom is 0.222 e. The SMILES string of the molecule is CN(C)c1cccc(OCCN2CCCC2=O)c1. The number of anilines is 1. The van der Waals surface area contributed by atoms with Crippen LogP contribution in [-0.2, 0) is 4.79 Å². The van der Waals surface area contributed by atoms with E-state index in [0.29, 0.717) is 19.6 Å². The van der Waals surface area contributed by atoms with Crippen molar-refractivity contribution in [2.24, 2.45) is 0 Å². The van der Waals surface area contributed by atoms with E-state index >= 15 is 0 Å². The molecular formula is C14H20N2O2. The fourth-order valence-electron chi connectivity index (χ4n) is 2.07. The third kappa shape index (κ3) is 3.15. The normalized spacial score (nSPS) is 15.0. The Labute approximate surface area is 108 Å². The van der Waals surface area contributed by atoms with Gasteiger partial charge in [0.15, 0.2) is 0 Å². The van der Waals surface area contributed by atoms with Crippen molar-refractivity contribution < 1.29 is 9.53 Å². The summed E-state index contributed by atoms with van der Waals surface area (Å²) in [5, 5.41) is 0. The number of carbonyl (C=O) groups excluding carboxylic acids is 1. The van der Waals surface area contributed by atoms with Crippen LogP contribution in [0.25, 0.3) is 0 Å². The molecule has 0 atom stereocenters. The van der Waals surface area contributed by atoms with Gasteiger partial charge < -0.3 is 14.5 Å². The van der Waals surface area contributed by atoms with Crippen molar-refractivity contribution >= 4 is 11.6 Å². The molecule has 0 saturated carbocycles. The van der Waals surface area contributed by atoms with Crippen molar-refractivity contribution in [3.8, 4) is 5.75 Å². The highest BCUT2D eigenvalue weighted by atomic mass is 16.5. The van der Waals surface area contributed by atoms with E-state index in [1.54, 1.807) is 0 Å². The van der Waals surface area contributed by atoms with E-state index in [2.05, 4.69) is 0 Å². The van der Waals surface area contributed by atoms with E-state index in [4.69, 9.17) is 4.74 Å². The second-order valence-corrected chi connectivity index (χ2v) is 4.72. The number of rotatable bonds is 5. The van der Waals surface area contributed by atoms with Crippen molar-refractivity contribution in [1.29, 1.82) is 0 Å². The molecule has 0 bridgehead atoms. The molecule has 1 fully saturated rings. The number of carbonyl (C=O) groups is 1. The molecule has 4 heteroatoms. The van der Waals surface area contributed by atoms with E-state index in [-0.39, 0.29) is 5.91 Å². The van der Waals surface area contributed by atoms with E-state index in [1.807, 2.05) is 48.2 Å². The molecule has 1 aromatic carbocycles. The van der Waals surface area contributed by atoms with Crippen LogP contribution in [0.3, 0.4) is 0 Å². The van der Waals surface area contributed by atoms with Crippen LogP contribution < -0.4 is 9.64 Å². The lowest BCUT2D eigenvalue weighted by molar-refractivity contribution is -0.128. The highest BCUT2D eigenvalue weighted by molar-refractivity contribution is 5.78. The monoisotopic (exact) mass is 248 g/mol. The zero-order valence-corrected chi connectivity index (χ0v) is 11.1. The fourth-order valence-corrected chi connectivity index (χ4v) is 2.07. The smallest absolute Gasteiger partial charge is 0.222 e. The van der Waals surface area contributed by atoms with E-state index in [9.17, 15) is 4.79 Å². The van der Waals surface area contributed by atoms with Gasteiger partial charge in [0.05, 0.1) is 6.54 Å². The summed E-state index contributed by atoms with van der Waals surface area (Å²) in [6.45, 7) is 2.12. The Kier molecular flexibility index (Phi) is 4.07. The van der Waals surface area contributed by atoms with Crippen LogP contribution in [0, 0.1) is 0 Å². The quantitative estimate of drug-likeness (QED) is 0.796. The maximum absolute atomic E-state index is 11.4.